The average Bonchev–Trinajstić information content (AvgIpc) is 4.08. The van der Waals surface area contributed by atoms with Crippen LogP contribution >= 0.6 is 0 Å². The fourth-order valence-corrected chi connectivity index (χ4v) is 13.0. The topological polar surface area (TPSA) is 183 Å². The van der Waals surface area contributed by atoms with Crippen LogP contribution in [0.3, 0.4) is 0 Å². The van der Waals surface area contributed by atoms with Gasteiger partial charge in [0.1, 0.15) is 23.3 Å². The number of hydrogen-bond donors (Lipinski definition) is 8. The highest BCUT2D eigenvalue weighted by Crippen LogP contribution is 2.64. The molecule has 14 heteroatoms. The van der Waals surface area contributed by atoms with Crippen LogP contribution in [0.25, 0.3) is 0 Å². The molecular formula is C48H68Cl2N2O10. The number of carbonyl (C=O) groups excluding carboxylic acids is 2. The molecule has 4 heterocycles. The van der Waals surface area contributed by atoms with E-state index in [4.69, 9.17) is 19.7 Å². The van der Waals surface area contributed by atoms with Gasteiger partial charge in [-0.2, -0.15) is 0 Å². The number of phenolic OH excluding ortho intramolecular Hbond substituents is 2. The number of ketones is 2. The third kappa shape index (κ3) is 7.54. The second-order valence-electron chi connectivity index (χ2n) is 22.1. The van der Waals surface area contributed by atoms with E-state index in [1.165, 1.54) is 35.5 Å². The van der Waals surface area contributed by atoms with Crippen LogP contribution in [0.15, 0.2) is 24.3 Å². The number of carbonyl (C=O) groups is 2. The third-order valence-electron chi connectivity index (χ3n) is 15.5. The molecule has 10 atom stereocenters. The summed E-state index contributed by atoms with van der Waals surface area (Å²) in [6, 6.07) is 7.59. The summed E-state index contributed by atoms with van der Waals surface area (Å²) in [5.41, 5.74) is 0.0914. The number of rotatable bonds is 4. The van der Waals surface area contributed by atoms with E-state index in [1.807, 2.05) is 12.1 Å². The summed E-state index contributed by atoms with van der Waals surface area (Å²) in [5.74, 6) is 2.90. The third-order valence-corrected chi connectivity index (χ3v) is 15.5. The van der Waals surface area contributed by atoms with Crippen molar-refractivity contribution in [1.82, 2.24) is 0 Å². The van der Waals surface area contributed by atoms with Crippen LogP contribution < -0.4 is 44.1 Å². The fourth-order valence-electron chi connectivity index (χ4n) is 13.0. The normalized spacial score (nSPS) is 37.1. The Hall–Kier alpha value is -2.68. The van der Waals surface area contributed by atoms with Crippen LogP contribution in [0, 0.1) is 11.8 Å². The molecule has 2 spiro atoms. The molecule has 4 bridgehead atoms. The zero-order chi connectivity index (χ0) is 42.9. The molecule has 344 valence electrons. The van der Waals surface area contributed by atoms with E-state index in [0.717, 1.165) is 86.0 Å². The monoisotopic (exact) mass is 902 g/mol. The first-order valence-electron chi connectivity index (χ1n) is 22.8. The number of benzene rings is 2. The lowest BCUT2D eigenvalue weighted by atomic mass is 9.49. The Morgan fingerprint density at radius 3 is 1.27 bits per heavy atom. The van der Waals surface area contributed by atoms with Gasteiger partial charge >= 0.3 is 0 Å². The second-order valence-corrected chi connectivity index (χ2v) is 22.1. The summed E-state index contributed by atoms with van der Waals surface area (Å²) in [6.45, 7) is 14.7. The van der Waals surface area contributed by atoms with E-state index in [1.54, 1.807) is 53.7 Å². The van der Waals surface area contributed by atoms with Gasteiger partial charge in [-0.15, -0.1) is 0 Å². The summed E-state index contributed by atoms with van der Waals surface area (Å²) < 4.78 is 12.1. The van der Waals surface area contributed by atoms with Crippen LogP contribution in [-0.4, -0.2) is 115 Å². The minimum absolute atomic E-state index is 0. The number of quaternary nitrogens is 2. The summed E-state index contributed by atoms with van der Waals surface area (Å²) in [4.78, 5) is 28.5. The molecule has 6 fully saturated rings. The predicted octanol–water partition coefficient (Wildman–Crippen LogP) is -4.22. The van der Waals surface area contributed by atoms with E-state index in [-0.39, 0.29) is 60.0 Å². The van der Waals surface area contributed by atoms with E-state index in [9.17, 15) is 30.0 Å². The van der Waals surface area contributed by atoms with Crippen molar-refractivity contribution in [3.05, 3.63) is 46.5 Å². The maximum absolute atomic E-state index is 12.7. The van der Waals surface area contributed by atoms with Gasteiger partial charge in [0.05, 0.1) is 48.2 Å². The Morgan fingerprint density at radius 2 is 0.952 bits per heavy atom. The van der Waals surface area contributed by atoms with Crippen LogP contribution in [-0.2, 0) is 33.3 Å². The van der Waals surface area contributed by atoms with Gasteiger partial charge < -0.3 is 74.7 Å². The zero-order valence-electron chi connectivity index (χ0n) is 37.2. The molecular weight excluding hydrogens is 835 g/mol. The van der Waals surface area contributed by atoms with Gasteiger partial charge in [-0.1, -0.05) is 12.1 Å². The van der Waals surface area contributed by atoms with Crippen LogP contribution in [0.2, 0.25) is 0 Å². The number of nitrogens with one attached hydrogen (secondary N) is 2. The molecule has 4 aliphatic heterocycles. The first kappa shape index (κ1) is 47.3. The molecule has 2 aromatic carbocycles. The van der Waals surface area contributed by atoms with Gasteiger partial charge in [0.25, 0.3) is 0 Å². The highest BCUT2D eigenvalue weighted by atomic mass is 35.5. The van der Waals surface area contributed by atoms with Gasteiger partial charge in [-0.05, 0) is 103 Å². The Balaban J connectivity index is 0.000000150. The molecule has 2 saturated heterocycles. The second kappa shape index (κ2) is 16.0. The van der Waals surface area contributed by atoms with E-state index in [2.05, 4.69) is 0 Å². The number of phenols is 2. The highest BCUT2D eigenvalue weighted by Gasteiger charge is 2.76. The number of likely N-dealkylation sites (tertiary alicyclic amines) is 2. The molecule has 4 saturated carbocycles. The van der Waals surface area contributed by atoms with E-state index in [0.29, 0.717) is 37.2 Å². The zero-order valence-corrected chi connectivity index (χ0v) is 38.7. The molecule has 8 N–H and O–H groups in total. The van der Waals surface area contributed by atoms with Gasteiger partial charge in [0.15, 0.2) is 46.8 Å². The lowest BCUT2D eigenvalue weighted by molar-refractivity contribution is -0.944. The number of aromatic hydroxyl groups is 2. The van der Waals surface area contributed by atoms with Crippen LogP contribution in [0.1, 0.15) is 128 Å². The first-order chi connectivity index (χ1) is 28.1. The summed E-state index contributed by atoms with van der Waals surface area (Å²) in [7, 11) is 0. The van der Waals surface area contributed by atoms with Crippen molar-refractivity contribution < 1.29 is 84.3 Å². The number of halogens is 2. The van der Waals surface area contributed by atoms with Gasteiger partial charge in [-0.25, -0.2) is 0 Å². The lowest BCUT2D eigenvalue weighted by Gasteiger charge is -2.60. The van der Waals surface area contributed by atoms with Gasteiger partial charge in [-0.3, -0.25) is 9.59 Å². The van der Waals surface area contributed by atoms with Crippen molar-refractivity contribution in [3.63, 3.8) is 0 Å². The van der Waals surface area contributed by atoms with Crippen molar-refractivity contribution in [3.8, 4) is 23.0 Å². The molecule has 0 aromatic heterocycles. The predicted molar refractivity (Wildman–Crippen MR) is 222 cm³/mol. The molecule has 2 aromatic rings. The Kier molecular flexibility index (Phi) is 12.2. The smallest absolute Gasteiger partial charge is 0.174 e. The van der Waals surface area contributed by atoms with Gasteiger partial charge in [0.2, 0.25) is 0 Å². The number of hydrogen-bond acceptors (Lipinski definition) is 10. The number of ether oxygens (including phenoxy) is 2. The number of Topliss-reactive ketones (excluding diaryl/α,β-unsaturated/α-hetero) is 2. The summed E-state index contributed by atoms with van der Waals surface area (Å²) in [6.07, 6.45) is 8.98. The van der Waals surface area contributed by atoms with Crippen molar-refractivity contribution in [2.24, 2.45) is 11.8 Å². The summed E-state index contributed by atoms with van der Waals surface area (Å²) >= 11 is 0. The number of aliphatic hydroxyl groups is 4. The SMILES string of the molecule is CC(C)(C)O.CC(C)(C)O.O=C1CC[C@@]2(O)[C@H]3Cc4ccc(O)c5c4[C@@]2(CC[NH+]3CC2CC2)[C@H]1O5.O=C1CC[C@@]2(O)[C@H]3Cc4ccc(O)c5c4[C@@]2(CC[NH+]3CC2CC2)[C@H]1O5.[Cl-].[Cl-]. The van der Waals surface area contributed by atoms with Crippen LogP contribution in [0.5, 0.6) is 23.0 Å². The minimum atomic E-state index is -0.903. The van der Waals surface area contributed by atoms with Crippen molar-refractivity contribution >= 4 is 11.6 Å². The van der Waals surface area contributed by atoms with Crippen molar-refractivity contribution in [2.45, 2.75) is 176 Å². The fraction of sp³-hybridized carbons (Fsp3) is 0.708. The average molecular weight is 904 g/mol. The lowest BCUT2D eigenvalue weighted by Crippen LogP contribution is -3.21. The van der Waals surface area contributed by atoms with E-state index < -0.39 is 45.4 Å². The Bertz CT molecular complexity index is 1920. The molecule has 0 radical (unpaired) electrons. The molecule has 10 aliphatic rings. The Labute approximate surface area is 378 Å². The van der Waals surface area contributed by atoms with E-state index >= 15 is 0 Å². The highest BCUT2D eigenvalue weighted by molar-refractivity contribution is 5.90. The maximum Gasteiger partial charge on any atom is 0.174 e. The molecule has 62 heavy (non-hydrogen) atoms. The maximum atomic E-state index is 12.7. The Morgan fingerprint density at radius 1 is 0.613 bits per heavy atom. The largest absolute Gasteiger partial charge is 1.00 e. The first-order valence-corrected chi connectivity index (χ1v) is 22.8. The van der Waals surface area contributed by atoms with Crippen LogP contribution in [0.4, 0.5) is 0 Å². The standard InChI is InChI=1S/2C20H23NO4.2C4H10O.2ClH/c2*22-13-4-3-12-9-15-20(24)6-5-14(23)18-19(20,16(12)17(13)25-18)7-8-21(15)10-11-1-2-11;2*1-4(2,3)5;;/h2*3-4,11,15,18,22,24H,1-2,5-10H2;2*5H,1-3H3;2*1H/t2*15-,18+,19+,20-;;;;/m11..../s1. The number of piperidine rings is 2. The van der Waals surface area contributed by atoms with Crippen molar-refractivity contribution in [1.29, 1.82) is 0 Å². The molecule has 2 unspecified atom stereocenters. The molecule has 12 nitrogen and oxygen atoms in total. The van der Waals surface area contributed by atoms with Crippen molar-refractivity contribution in [2.75, 3.05) is 26.2 Å². The minimum Gasteiger partial charge on any atom is -1.00 e. The molecule has 0 amide bonds. The molecule has 12 rings (SSSR count). The molecule has 6 aliphatic carbocycles. The quantitative estimate of drug-likeness (QED) is 0.150. The van der Waals surface area contributed by atoms with Gasteiger partial charge in [0, 0.05) is 61.5 Å². The summed E-state index contributed by atoms with van der Waals surface area (Å²) in [5, 5.41) is 61.7.